The zero-order valence-corrected chi connectivity index (χ0v) is 12.7. The average molecular weight is 288 g/mol. The predicted molar refractivity (Wildman–Crippen MR) is 87.5 cm³/mol. The molecule has 20 heavy (non-hydrogen) atoms. The molecule has 1 amide bonds. The van der Waals surface area contributed by atoms with Crippen molar-refractivity contribution in [1.29, 1.82) is 0 Å². The predicted octanol–water partition coefficient (Wildman–Crippen LogP) is 4.23. The molecule has 0 aromatic heterocycles. The number of amides is 1. The highest BCUT2D eigenvalue weighted by atomic mass is 32.2. The van der Waals surface area contributed by atoms with E-state index in [0.29, 0.717) is 0 Å². The van der Waals surface area contributed by atoms with E-state index in [2.05, 4.69) is 24.6 Å². The maximum atomic E-state index is 11.2. The fourth-order valence-corrected chi connectivity index (χ4v) is 2.18. The lowest BCUT2D eigenvalue weighted by atomic mass is 10.3. The van der Waals surface area contributed by atoms with E-state index in [1.54, 1.807) is 11.9 Å². The smallest absolute Gasteiger partial charge is 0.247 e. The summed E-state index contributed by atoms with van der Waals surface area (Å²) in [6.07, 6.45) is 6.18. The van der Waals surface area contributed by atoms with Crippen LogP contribution in [0.15, 0.2) is 66.2 Å². The molecule has 0 heterocycles. The van der Waals surface area contributed by atoms with E-state index in [9.17, 15) is 4.79 Å². The van der Waals surface area contributed by atoms with Crippen molar-refractivity contribution in [3.8, 4) is 0 Å². The third kappa shape index (κ3) is 5.36. The monoisotopic (exact) mass is 288 g/mol. The molecule has 0 bridgehead atoms. The van der Waals surface area contributed by atoms with Crippen molar-refractivity contribution in [2.75, 3.05) is 12.4 Å². The SMILES string of the molecule is C=CC(=O)Nc1ccc(SN(C)C(=C)C/C=C\C)cc1. The molecule has 0 saturated carbocycles. The van der Waals surface area contributed by atoms with Gasteiger partial charge in [-0.05, 0) is 49.2 Å². The summed E-state index contributed by atoms with van der Waals surface area (Å²) in [5.41, 5.74) is 1.80. The first kappa shape index (κ1) is 16.1. The van der Waals surface area contributed by atoms with Gasteiger partial charge in [0.15, 0.2) is 0 Å². The highest BCUT2D eigenvalue weighted by molar-refractivity contribution is 7.97. The van der Waals surface area contributed by atoms with E-state index in [1.165, 1.54) is 6.08 Å². The Morgan fingerprint density at radius 2 is 2.05 bits per heavy atom. The summed E-state index contributed by atoms with van der Waals surface area (Å²) in [6, 6.07) is 7.66. The quantitative estimate of drug-likeness (QED) is 0.463. The summed E-state index contributed by atoms with van der Waals surface area (Å²) in [5.74, 6) is -0.206. The van der Waals surface area contributed by atoms with Crippen LogP contribution >= 0.6 is 11.9 Å². The van der Waals surface area contributed by atoms with Crippen molar-refractivity contribution in [1.82, 2.24) is 4.31 Å². The second kappa shape index (κ2) is 8.27. The number of benzene rings is 1. The molecule has 0 aliphatic heterocycles. The molecule has 1 aromatic carbocycles. The summed E-state index contributed by atoms with van der Waals surface area (Å²) in [6.45, 7) is 9.46. The van der Waals surface area contributed by atoms with Crippen LogP contribution < -0.4 is 5.32 Å². The van der Waals surface area contributed by atoms with Gasteiger partial charge >= 0.3 is 0 Å². The fourth-order valence-electron chi connectivity index (χ4n) is 1.40. The van der Waals surface area contributed by atoms with Crippen LogP contribution in [0.1, 0.15) is 13.3 Å². The van der Waals surface area contributed by atoms with E-state index < -0.39 is 0 Å². The van der Waals surface area contributed by atoms with Crippen LogP contribution in [0.3, 0.4) is 0 Å². The summed E-state index contributed by atoms with van der Waals surface area (Å²) in [7, 11) is 1.99. The maximum absolute atomic E-state index is 11.2. The summed E-state index contributed by atoms with van der Waals surface area (Å²) >= 11 is 1.60. The van der Waals surface area contributed by atoms with E-state index >= 15 is 0 Å². The molecule has 0 aliphatic rings. The molecule has 0 radical (unpaired) electrons. The van der Waals surface area contributed by atoms with Gasteiger partial charge in [0.25, 0.3) is 0 Å². The second-order valence-electron chi connectivity index (χ2n) is 4.15. The van der Waals surface area contributed by atoms with Gasteiger partial charge in [-0.2, -0.15) is 0 Å². The van der Waals surface area contributed by atoms with E-state index in [0.717, 1.165) is 22.7 Å². The topological polar surface area (TPSA) is 32.3 Å². The molecule has 0 saturated heterocycles. The molecule has 1 N–H and O–H groups in total. The van der Waals surface area contributed by atoms with Crippen LogP contribution in [-0.2, 0) is 4.79 Å². The van der Waals surface area contributed by atoms with Crippen LogP contribution in [0, 0.1) is 0 Å². The fraction of sp³-hybridized carbons (Fsp3) is 0.188. The van der Waals surface area contributed by atoms with E-state index in [1.807, 2.05) is 48.6 Å². The maximum Gasteiger partial charge on any atom is 0.247 e. The number of hydrogen-bond donors (Lipinski definition) is 1. The van der Waals surface area contributed by atoms with Crippen molar-refractivity contribution in [3.63, 3.8) is 0 Å². The van der Waals surface area contributed by atoms with Gasteiger partial charge in [-0.25, -0.2) is 0 Å². The normalized spacial score (nSPS) is 10.3. The molecule has 1 rings (SSSR count). The molecule has 0 spiro atoms. The molecular weight excluding hydrogens is 268 g/mol. The van der Waals surface area contributed by atoms with Gasteiger partial charge < -0.3 is 9.62 Å². The average Bonchev–Trinajstić information content (AvgIpc) is 2.46. The van der Waals surface area contributed by atoms with Crippen molar-refractivity contribution >= 4 is 23.5 Å². The molecule has 0 fully saturated rings. The number of anilines is 1. The third-order valence-electron chi connectivity index (χ3n) is 2.58. The molecule has 106 valence electrons. The lowest BCUT2D eigenvalue weighted by Gasteiger charge is -2.19. The van der Waals surface area contributed by atoms with Crippen LogP contribution in [0.25, 0.3) is 0 Å². The van der Waals surface area contributed by atoms with Gasteiger partial charge in [0.1, 0.15) is 0 Å². The Balaban J connectivity index is 2.58. The number of nitrogens with zero attached hydrogens (tertiary/aromatic N) is 1. The Kier molecular flexibility index (Phi) is 6.67. The minimum absolute atomic E-state index is 0.206. The first-order chi connectivity index (χ1) is 9.56. The van der Waals surface area contributed by atoms with E-state index in [-0.39, 0.29) is 5.91 Å². The molecule has 0 aliphatic carbocycles. The molecular formula is C16H20N2OS. The van der Waals surface area contributed by atoms with Crippen molar-refractivity contribution < 1.29 is 4.79 Å². The van der Waals surface area contributed by atoms with Gasteiger partial charge in [0, 0.05) is 29.7 Å². The Morgan fingerprint density at radius 3 is 2.60 bits per heavy atom. The second-order valence-corrected chi connectivity index (χ2v) is 5.35. The molecule has 1 aromatic rings. The molecule has 0 atom stereocenters. The number of hydrogen-bond acceptors (Lipinski definition) is 3. The third-order valence-corrected chi connectivity index (χ3v) is 3.60. The van der Waals surface area contributed by atoms with Crippen molar-refractivity contribution in [3.05, 3.63) is 61.3 Å². The molecule has 4 heteroatoms. The highest BCUT2D eigenvalue weighted by Crippen LogP contribution is 2.26. The minimum atomic E-state index is -0.206. The van der Waals surface area contributed by atoms with Gasteiger partial charge in [-0.1, -0.05) is 25.3 Å². The van der Waals surface area contributed by atoms with Crippen LogP contribution in [0.2, 0.25) is 0 Å². The minimum Gasteiger partial charge on any atom is -0.323 e. The van der Waals surface area contributed by atoms with Crippen LogP contribution in [0.4, 0.5) is 5.69 Å². The standard InChI is InChI=1S/C16H20N2OS/c1-5-7-8-13(3)18(4)20-15-11-9-14(10-12-15)17-16(19)6-2/h5-7,9-12H,2-3,8H2,1,4H3,(H,17,19)/b7-5-. The Labute approximate surface area is 125 Å². The zero-order chi connectivity index (χ0) is 15.0. The molecule has 0 unspecified atom stereocenters. The largest absolute Gasteiger partial charge is 0.323 e. The summed E-state index contributed by atoms with van der Waals surface area (Å²) < 4.78 is 2.04. The zero-order valence-electron chi connectivity index (χ0n) is 11.9. The Hall–Kier alpha value is -1.94. The van der Waals surface area contributed by atoms with Crippen LogP contribution in [-0.4, -0.2) is 17.3 Å². The van der Waals surface area contributed by atoms with Crippen molar-refractivity contribution in [2.45, 2.75) is 18.2 Å². The van der Waals surface area contributed by atoms with E-state index in [4.69, 9.17) is 0 Å². The number of carbonyl (C=O) groups excluding carboxylic acids is 1. The number of nitrogens with one attached hydrogen (secondary N) is 1. The Bertz CT molecular complexity index is 506. The summed E-state index contributed by atoms with van der Waals surface area (Å²) in [4.78, 5) is 12.3. The number of carbonyl (C=O) groups is 1. The first-order valence-corrected chi connectivity index (χ1v) is 7.08. The van der Waals surface area contributed by atoms with Gasteiger partial charge in [-0.15, -0.1) is 0 Å². The molecule has 3 nitrogen and oxygen atoms in total. The number of rotatable bonds is 7. The lowest BCUT2D eigenvalue weighted by Crippen LogP contribution is -2.08. The summed E-state index contributed by atoms with van der Waals surface area (Å²) in [5, 5.41) is 2.72. The van der Waals surface area contributed by atoms with Crippen molar-refractivity contribution in [2.24, 2.45) is 0 Å². The number of allylic oxidation sites excluding steroid dienone is 2. The highest BCUT2D eigenvalue weighted by Gasteiger charge is 2.04. The Morgan fingerprint density at radius 1 is 1.40 bits per heavy atom. The lowest BCUT2D eigenvalue weighted by molar-refractivity contribution is -0.111. The van der Waals surface area contributed by atoms with Gasteiger partial charge in [0.2, 0.25) is 5.91 Å². The van der Waals surface area contributed by atoms with Gasteiger partial charge in [-0.3, -0.25) is 4.79 Å². The van der Waals surface area contributed by atoms with Crippen LogP contribution in [0.5, 0.6) is 0 Å². The first-order valence-electron chi connectivity index (χ1n) is 6.31. The van der Waals surface area contributed by atoms with Gasteiger partial charge in [0.05, 0.1) is 0 Å².